The van der Waals surface area contributed by atoms with Gasteiger partial charge in [0.2, 0.25) is 0 Å². The monoisotopic (exact) mass is 613 g/mol. The van der Waals surface area contributed by atoms with Crippen molar-refractivity contribution in [3.05, 3.63) is 119 Å². The fraction of sp³-hybridized carbons (Fsp3) is 0.275. The number of para-hydroxylation sites is 1. The Morgan fingerprint density at radius 2 is 1.51 bits per heavy atom. The Bertz CT molecular complexity index is 1810. The van der Waals surface area contributed by atoms with Crippen LogP contribution in [0.5, 0.6) is 0 Å². The molecule has 4 aromatic carbocycles. The molecule has 4 nitrogen and oxygen atoms in total. The van der Waals surface area contributed by atoms with Crippen molar-refractivity contribution in [1.29, 1.82) is 0 Å². The van der Waals surface area contributed by atoms with Crippen molar-refractivity contribution in [1.82, 2.24) is 0 Å². The molecule has 0 amide bonds. The maximum Gasteiger partial charge on any atom is 0.303 e. The van der Waals surface area contributed by atoms with Gasteiger partial charge in [0.25, 0.3) is 0 Å². The number of fused-ring (bicyclic) bond motifs is 3. The van der Waals surface area contributed by atoms with Gasteiger partial charge in [-0.25, -0.2) is 0 Å². The molecule has 5 heteroatoms. The minimum Gasteiger partial charge on any atom is -0.481 e. The maximum absolute atomic E-state index is 12.7. The molecule has 4 atom stereocenters. The number of hydrogen-bond acceptors (Lipinski definition) is 4. The average molecular weight is 614 g/mol. The Kier molecular flexibility index (Phi) is 8.32. The largest absolute Gasteiger partial charge is 0.481 e. The number of Topliss-reactive ketones (excluding diaryl/α,β-unsaturated/α-hetero) is 1. The summed E-state index contributed by atoms with van der Waals surface area (Å²) in [6, 6.07) is 34.4. The Balaban J connectivity index is 1.32. The maximum atomic E-state index is 12.7. The summed E-state index contributed by atoms with van der Waals surface area (Å²) < 4.78 is 0. The molecule has 4 unspecified atom stereocenters. The molecular formula is C40H39NO3S. The van der Waals surface area contributed by atoms with Crippen LogP contribution >= 0.6 is 12.2 Å². The SMILES string of the molecule is CCC1(C)c2ccccc2-c2ccc(N(c3ccccc3)c3ccc(C=C(C(C)=O)C4CC4C(=S)C(C)CC(=O)O)cc3)cc21. The summed E-state index contributed by atoms with van der Waals surface area (Å²) in [7, 11) is 0. The first kappa shape index (κ1) is 30.7. The zero-order chi connectivity index (χ0) is 31.9. The second-order valence-corrected chi connectivity index (χ2v) is 13.2. The number of anilines is 3. The first-order valence-electron chi connectivity index (χ1n) is 15.8. The van der Waals surface area contributed by atoms with E-state index in [1.807, 2.05) is 19.1 Å². The highest BCUT2D eigenvalue weighted by Crippen LogP contribution is 2.52. The fourth-order valence-electron chi connectivity index (χ4n) is 7.06. The Hall–Kier alpha value is -4.35. The van der Waals surface area contributed by atoms with Crippen LogP contribution in [-0.2, 0) is 15.0 Å². The summed E-state index contributed by atoms with van der Waals surface area (Å²) in [4.78, 5) is 27.0. The van der Waals surface area contributed by atoms with Gasteiger partial charge in [-0.2, -0.15) is 0 Å². The van der Waals surface area contributed by atoms with Gasteiger partial charge in [-0.1, -0.05) is 93.7 Å². The van der Waals surface area contributed by atoms with Crippen molar-refractivity contribution >= 4 is 52.0 Å². The van der Waals surface area contributed by atoms with Crippen LogP contribution in [0.3, 0.4) is 0 Å². The normalized spacial score (nSPS) is 20.6. The van der Waals surface area contributed by atoms with Crippen LogP contribution < -0.4 is 4.90 Å². The molecule has 2 aliphatic carbocycles. The molecule has 45 heavy (non-hydrogen) atoms. The van der Waals surface area contributed by atoms with Crippen LogP contribution in [0.15, 0.2) is 103 Å². The van der Waals surface area contributed by atoms with Gasteiger partial charge in [0.05, 0.1) is 6.42 Å². The van der Waals surface area contributed by atoms with Gasteiger partial charge in [-0.05, 0) is 118 Å². The van der Waals surface area contributed by atoms with Gasteiger partial charge in [0.15, 0.2) is 5.78 Å². The predicted molar refractivity (Wildman–Crippen MR) is 188 cm³/mol. The van der Waals surface area contributed by atoms with Crippen LogP contribution in [0.2, 0.25) is 0 Å². The van der Waals surface area contributed by atoms with E-state index in [0.717, 1.165) is 45.9 Å². The summed E-state index contributed by atoms with van der Waals surface area (Å²) in [5.41, 5.74) is 10.2. The molecular weight excluding hydrogens is 575 g/mol. The van der Waals surface area contributed by atoms with Gasteiger partial charge < -0.3 is 10.0 Å². The van der Waals surface area contributed by atoms with Gasteiger partial charge in [0.1, 0.15) is 0 Å². The third-order valence-electron chi connectivity index (χ3n) is 9.79. The van der Waals surface area contributed by atoms with Crippen LogP contribution in [0.25, 0.3) is 17.2 Å². The molecule has 0 aliphatic heterocycles. The summed E-state index contributed by atoms with van der Waals surface area (Å²) in [5, 5.41) is 9.18. The molecule has 0 bridgehead atoms. The number of carboxylic acids is 1. The third-order valence-corrected chi connectivity index (χ3v) is 10.5. The molecule has 0 spiro atoms. The molecule has 2 aliphatic rings. The number of hydrogen-bond donors (Lipinski definition) is 1. The number of benzene rings is 4. The zero-order valence-electron chi connectivity index (χ0n) is 26.3. The summed E-state index contributed by atoms with van der Waals surface area (Å²) in [6.07, 6.45) is 3.81. The first-order chi connectivity index (χ1) is 21.6. The highest BCUT2D eigenvalue weighted by molar-refractivity contribution is 7.80. The lowest BCUT2D eigenvalue weighted by Gasteiger charge is -2.29. The molecule has 0 radical (unpaired) electrons. The van der Waals surface area contributed by atoms with Crippen molar-refractivity contribution in [2.45, 2.75) is 52.4 Å². The van der Waals surface area contributed by atoms with Crippen LogP contribution in [0, 0.1) is 17.8 Å². The van der Waals surface area contributed by atoms with Crippen LogP contribution in [-0.4, -0.2) is 21.7 Å². The summed E-state index contributed by atoms with van der Waals surface area (Å²) in [6.45, 7) is 8.09. The van der Waals surface area contributed by atoms with Crippen LogP contribution in [0.1, 0.15) is 63.6 Å². The Morgan fingerprint density at radius 3 is 2.18 bits per heavy atom. The number of ketones is 1. The topological polar surface area (TPSA) is 57.6 Å². The summed E-state index contributed by atoms with van der Waals surface area (Å²) in [5.74, 6) is -0.873. The van der Waals surface area contributed by atoms with E-state index in [4.69, 9.17) is 12.2 Å². The van der Waals surface area contributed by atoms with Gasteiger partial charge in [-0.3, -0.25) is 9.59 Å². The number of carbonyl (C=O) groups excluding carboxylic acids is 1. The smallest absolute Gasteiger partial charge is 0.303 e. The van der Waals surface area contributed by atoms with Crippen molar-refractivity contribution in [3.8, 4) is 11.1 Å². The number of thiocarbonyl (C=S) groups is 1. The van der Waals surface area contributed by atoms with E-state index in [2.05, 4.69) is 110 Å². The molecule has 1 saturated carbocycles. The van der Waals surface area contributed by atoms with Crippen molar-refractivity contribution in [3.63, 3.8) is 0 Å². The number of nitrogens with zero attached hydrogens (tertiary/aromatic N) is 1. The third kappa shape index (κ3) is 5.78. The van der Waals surface area contributed by atoms with E-state index in [1.54, 1.807) is 6.92 Å². The highest BCUT2D eigenvalue weighted by Gasteiger charge is 2.45. The van der Waals surface area contributed by atoms with Crippen molar-refractivity contribution < 1.29 is 14.7 Å². The molecule has 0 heterocycles. The standard InChI is InChI=1S/C40H39NO3S/c1-5-40(4)36-14-10-9-13-31(36)32-20-19-30(23-37(32)40)41(28-11-7-6-8-12-28)29-17-15-27(16-18-29)22-33(26(3)42)34-24-35(34)39(45)25(2)21-38(43)44/h6-20,22-23,25,34-35H,5,21,24H2,1-4H3,(H,43,44). The molecule has 6 rings (SSSR count). The van der Waals surface area contributed by atoms with Gasteiger partial charge in [0, 0.05) is 22.5 Å². The Morgan fingerprint density at radius 1 is 0.889 bits per heavy atom. The average Bonchev–Trinajstić information content (AvgIpc) is 3.79. The van der Waals surface area contributed by atoms with Crippen molar-refractivity contribution in [2.75, 3.05) is 4.90 Å². The highest BCUT2D eigenvalue weighted by atomic mass is 32.1. The summed E-state index contributed by atoms with van der Waals surface area (Å²) >= 11 is 5.63. The predicted octanol–water partition coefficient (Wildman–Crippen LogP) is 9.94. The zero-order valence-corrected chi connectivity index (χ0v) is 27.1. The lowest BCUT2D eigenvalue weighted by atomic mass is 9.78. The lowest BCUT2D eigenvalue weighted by molar-refractivity contribution is -0.137. The first-order valence-corrected chi connectivity index (χ1v) is 16.2. The Labute approximate surface area is 271 Å². The van der Waals surface area contributed by atoms with E-state index in [0.29, 0.717) is 0 Å². The number of rotatable bonds is 11. The quantitative estimate of drug-likeness (QED) is 0.135. The van der Waals surface area contributed by atoms with Crippen molar-refractivity contribution in [2.24, 2.45) is 17.8 Å². The molecule has 1 fully saturated rings. The van der Waals surface area contributed by atoms with E-state index in [9.17, 15) is 14.7 Å². The minimum absolute atomic E-state index is 0.0232. The number of aliphatic carboxylic acids is 1. The molecule has 1 N–H and O–H groups in total. The van der Waals surface area contributed by atoms with Gasteiger partial charge in [-0.15, -0.1) is 0 Å². The lowest BCUT2D eigenvalue weighted by Crippen LogP contribution is -2.20. The molecule has 228 valence electrons. The number of allylic oxidation sites excluding steroid dienone is 1. The second-order valence-electron chi connectivity index (χ2n) is 12.7. The van der Waals surface area contributed by atoms with Gasteiger partial charge >= 0.3 is 5.97 Å². The fourth-order valence-corrected chi connectivity index (χ4v) is 7.41. The van der Waals surface area contributed by atoms with E-state index < -0.39 is 5.97 Å². The molecule has 0 aromatic heterocycles. The second kappa shape index (κ2) is 12.2. The van der Waals surface area contributed by atoms with E-state index in [1.165, 1.54) is 22.3 Å². The van der Waals surface area contributed by atoms with E-state index >= 15 is 0 Å². The number of carbonyl (C=O) groups is 2. The molecule has 4 aromatic rings. The number of carboxylic acid groups (broad SMARTS) is 1. The van der Waals surface area contributed by atoms with E-state index in [-0.39, 0.29) is 35.4 Å². The minimum atomic E-state index is -0.849. The van der Waals surface area contributed by atoms with Crippen LogP contribution in [0.4, 0.5) is 17.1 Å². The molecule has 0 saturated heterocycles.